The minimum absolute atomic E-state index is 0.00829. The van der Waals surface area contributed by atoms with Crippen molar-refractivity contribution in [3.05, 3.63) is 102 Å². The van der Waals surface area contributed by atoms with Gasteiger partial charge in [0.1, 0.15) is 6.61 Å². The molecule has 3 aromatic rings. The Balaban J connectivity index is 1.18. The van der Waals surface area contributed by atoms with Gasteiger partial charge in [0.2, 0.25) is 0 Å². The molecule has 3 unspecified atom stereocenters. The van der Waals surface area contributed by atoms with Crippen molar-refractivity contribution in [3.63, 3.8) is 0 Å². The van der Waals surface area contributed by atoms with Crippen LogP contribution in [-0.4, -0.2) is 77.3 Å². The zero-order valence-electron chi connectivity index (χ0n) is 25.8. The number of rotatable bonds is 11. The molecule has 45 heavy (non-hydrogen) atoms. The summed E-state index contributed by atoms with van der Waals surface area (Å²) in [6, 6.07) is 27.4. The first-order chi connectivity index (χ1) is 22.0. The topological polar surface area (TPSA) is 94.6 Å². The van der Waals surface area contributed by atoms with Gasteiger partial charge in [-0.15, -0.1) is 11.4 Å². The van der Waals surface area contributed by atoms with E-state index in [-0.39, 0.29) is 31.1 Å². The number of ether oxygens (including phenoxy) is 1. The number of benzene rings is 3. The molecule has 0 aromatic heterocycles. The van der Waals surface area contributed by atoms with E-state index in [0.29, 0.717) is 17.5 Å². The molecular formula is C36H42N4O5. The second-order valence-corrected chi connectivity index (χ2v) is 12.0. The standard InChI is InChI=1S/C36H42N4O5/c1-3-20-40(36(42)44-26-27-14-16-31(17-15-27)37-45-43)32-18-21-39(22-19-32)25-30-23-33(24-34(30)28-10-6-4-7-11-28)38(2)35(41)29-12-8-5-9-13-29/h1,4-17,30,32-34,37,43H,18-26H2,2H3. The Morgan fingerprint density at radius 3 is 2.27 bits per heavy atom. The number of anilines is 1. The fourth-order valence-corrected chi connectivity index (χ4v) is 6.81. The maximum atomic E-state index is 13.3. The molecular weight excluding hydrogens is 568 g/mol. The Labute approximate surface area is 265 Å². The lowest BCUT2D eigenvalue weighted by Crippen LogP contribution is -2.48. The number of hydrogen-bond acceptors (Lipinski definition) is 7. The fourth-order valence-electron chi connectivity index (χ4n) is 6.81. The average molecular weight is 611 g/mol. The quantitative estimate of drug-likeness (QED) is 0.159. The fraction of sp³-hybridized carbons (Fsp3) is 0.389. The molecule has 2 amide bonds. The summed E-state index contributed by atoms with van der Waals surface area (Å²) in [7, 11) is 1.94. The number of hydrogen-bond donors (Lipinski definition) is 2. The zero-order chi connectivity index (χ0) is 31.6. The molecule has 1 heterocycles. The second-order valence-electron chi connectivity index (χ2n) is 12.0. The monoisotopic (exact) mass is 610 g/mol. The first kappa shape index (κ1) is 32.0. The van der Waals surface area contributed by atoms with Crippen LogP contribution in [0.2, 0.25) is 0 Å². The minimum atomic E-state index is -0.416. The number of terminal acetylenes is 1. The molecule has 3 aromatic carbocycles. The Morgan fingerprint density at radius 1 is 0.956 bits per heavy atom. The van der Waals surface area contributed by atoms with Gasteiger partial charge in [0.05, 0.1) is 12.2 Å². The number of nitrogens with one attached hydrogen (secondary N) is 1. The number of amides is 2. The van der Waals surface area contributed by atoms with E-state index in [1.54, 1.807) is 29.2 Å². The summed E-state index contributed by atoms with van der Waals surface area (Å²) in [6.45, 7) is 2.98. The van der Waals surface area contributed by atoms with E-state index in [0.717, 1.165) is 56.4 Å². The van der Waals surface area contributed by atoms with Crippen LogP contribution in [-0.2, 0) is 16.3 Å². The number of carbonyl (C=O) groups is 2. The third-order valence-electron chi connectivity index (χ3n) is 9.25. The van der Waals surface area contributed by atoms with Gasteiger partial charge in [-0.1, -0.05) is 66.6 Å². The van der Waals surface area contributed by atoms with Crippen molar-refractivity contribution in [1.29, 1.82) is 0 Å². The van der Waals surface area contributed by atoms with Gasteiger partial charge in [0.25, 0.3) is 5.91 Å². The van der Waals surface area contributed by atoms with E-state index in [4.69, 9.17) is 16.4 Å². The van der Waals surface area contributed by atoms with E-state index in [2.05, 4.69) is 51.6 Å². The molecule has 0 spiro atoms. The molecule has 9 nitrogen and oxygen atoms in total. The Kier molecular flexibility index (Phi) is 11.1. The Morgan fingerprint density at radius 2 is 1.62 bits per heavy atom. The summed E-state index contributed by atoms with van der Waals surface area (Å²) < 4.78 is 5.62. The van der Waals surface area contributed by atoms with Crippen LogP contribution in [0.15, 0.2) is 84.9 Å². The van der Waals surface area contributed by atoms with E-state index in [9.17, 15) is 9.59 Å². The molecule has 1 aliphatic carbocycles. The van der Waals surface area contributed by atoms with Crippen LogP contribution < -0.4 is 5.48 Å². The lowest BCUT2D eigenvalue weighted by atomic mass is 9.88. The highest BCUT2D eigenvalue weighted by atomic mass is 17.2. The zero-order valence-corrected chi connectivity index (χ0v) is 25.8. The molecule has 2 N–H and O–H groups in total. The van der Waals surface area contributed by atoms with Crippen molar-refractivity contribution in [2.24, 2.45) is 5.92 Å². The summed E-state index contributed by atoms with van der Waals surface area (Å²) in [4.78, 5) is 36.4. The summed E-state index contributed by atoms with van der Waals surface area (Å²) in [5, 5.41) is 8.51. The van der Waals surface area contributed by atoms with Crippen molar-refractivity contribution in [1.82, 2.24) is 14.7 Å². The molecule has 3 atom stereocenters. The number of piperidine rings is 1. The molecule has 2 aliphatic rings. The maximum Gasteiger partial charge on any atom is 0.411 e. The third kappa shape index (κ3) is 8.22. The van der Waals surface area contributed by atoms with E-state index in [1.165, 1.54) is 5.56 Å². The third-order valence-corrected chi connectivity index (χ3v) is 9.25. The molecule has 5 rings (SSSR count). The first-order valence-corrected chi connectivity index (χ1v) is 15.6. The van der Waals surface area contributed by atoms with E-state index >= 15 is 0 Å². The summed E-state index contributed by atoms with van der Waals surface area (Å²) in [6.07, 6.45) is 8.76. The van der Waals surface area contributed by atoms with Crippen LogP contribution in [0.5, 0.6) is 0 Å². The van der Waals surface area contributed by atoms with Crippen LogP contribution in [0.1, 0.15) is 53.1 Å². The van der Waals surface area contributed by atoms with Gasteiger partial charge < -0.3 is 14.5 Å². The number of nitrogens with zero attached hydrogens (tertiary/aromatic N) is 3. The Bertz CT molecular complexity index is 1420. The maximum absolute atomic E-state index is 13.3. The van der Waals surface area contributed by atoms with Crippen LogP contribution in [0.3, 0.4) is 0 Å². The smallest absolute Gasteiger partial charge is 0.411 e. The molecule has 1 saturated heterocycles. The lowest BCUT2D eigenvalue weighted by Gasteiger charge is -2.38. The van der Waals surface area contributed by atoms with E-state index in [1.807, 2.05) is 42.3 Å². The van der Waals surface area contributed by atoms with Crippen molar-refractivity contribution in [2.45, 2.75) is 50.3 Å². The number of carbonyl (C=O) groups excluding carboxylic acids is 2. The summed E-state index contributed by atoms with van der Waals surface area (Å²) in [5.41, 5.74) is 5.76. The summed E-state index contributed by atoms with van der Waals surface area (Å²) >= 11 is 0. The molecule has 2 fully saturated rings. The molecule has 9 heteroatoms. The van der Waals surface area contributed by atoms with Gasteiger partial charge in [0, 0.05) is 44.3 Å². The van der Waals surface area contributed by atoms with E-state index < -0.39 is 6.09 Å². The van der Waals surface area contributed by atoms with Gasteiger partial charge in [-0.2, -0.15) is 0 Å². The van der Waals surface area contributed by atoms with Gasteiger partial charge >= 0.3 is 6.09 Å². The van der Waals surface area contributed by atoms with Crippen molar-refractivity contribution < 1.29 is 24.6 Å². The minimum Gasteiger partial charge on any atom is -0.445 e. The lowest BCUT2D eigenvalue weighted by molar-refractivity contribution is -0.215. The van der Waals surface area contributed by atoms with Crippen LogP contribution in [0, 0.1) is 18.3 Å². The Hall–Kier alpha value is -4.36. The first-order valence-electron chi connectivity index (χ1n) is 15.6. The highest BCUT2D eigenvalue weighted by Crippen LogP contribution is 2.42. The van der Waals surface area contributed by atoms with Crippen LogP contribution in [0.4, 0.5) is 10.5 Å². The van der Waals surface area contributed by atoms with Gasteiger partial charge in [0.15, 0.2) is 0 Å². The normalized spacial score (nSPS) is 20.2. The highest BCUT2D eigenvalue weighted by molar-refractivity contribution is 5.94. The second kappa shape index (κ2) is 15.6. The molecule has 236 valence electrons. The van der Waals surface area contributed by atoms with Gasteiger partial charge in [-0.05, 0) is 72.9 Å². The largest absolute Gasteiger partial charge is 0.445 e. The molecule has 0 radical (unpaired) electrons. The van der Waals surface area contributed by atoms with Gasteiger partial charge in [-0.25, -0.2) is 15.5 Å². The van der Waals surface area contributed by atoms with Crippen LogP contribution >= 0.6 is 0 Å². The van der Waals surface area contributed by atoms with Crippen molar-refractivity contribution >= 4 is 17.7 Å². The van der Waals surface area contributed by atoms with Gasteiger partial charge in [-0.3, -0.25) is 9.69 Å². The van der Waals surface area contributed by atoms with Crippen molar-refractivity contribution in [3.8, 4) is 12.3 Å². The molecule has 0 bridgehead atoms. The SMILES string of the molecule is C#CCN(C(=O)OCc1ccc(NOO)cc1)C1CCN(CC2CC(N(C)C(=O)c3ccccc3)CC2c2ccccc2)CC1. The highest BCUT2D eigenvalue weighted by Gasteiger charge is 2.40. The average Bonchev–Trinajstić information content (AvgIpc) is 3.51. The molecule has 1 aliphatic heterocycles. The van der Waals surface area contributed by atoms with Crippen molar-refractivity contribution in [2.75, 3.05) is 38.7 Å². The predicted octanol–water partition coefficient (Wildman–Crippen LogP) is 5.87. The van der Waals surface area contributed by atoms with Crippen LogP contribution in [0.25, 0.3) is 0 Å². The summed E-state index contributed by atoms with van der Waals surface area (Å²) in [5.74, 6) is 3.48. The predicted molar refractivity (Wildman–Crippen MR) is 173 cm³/mol. The number of likely N-dealkylation sites (tertiary alicyclic amines) is 1. The molecule has 1 saturated carbocycles.